The first kappa shape index (κ1) is 13.8. The third kappa shape index (κ3) is 3.45. The minimum atomic E-state index is 0.515. The van der Waals surface area contributed by atoms with Crippen LogP contribution < -0.4 is 5.32 Å². The Morgan fingerprint density at radius 2 is 2.11 bits per heavy atom. The van der Waals surface area contributed by atoms with Crippen LogP contribution in [0, 0.1) is 12.8 Å². The first-order chi connectivity index (χ1) is 8.56. The molecule has 1 aromatic rings. The predicted molar refractivity (Wildman–Crippen MR) is 80.0 cm³/mol. The maximum absolute atomic E-state index is 4.33. The van der Waals surface area contributed by atoms with Gasteiger partial charge in [0.15, 0.2) is 0 Å². The SMILES string of the molecule is Cc1cc(NC(C)C2CCN(C)CC2)cnc1Br. The summed E-state index contributed by atoms with van der Waals surface area (Å²) < 4.78 is 0.931. The summed E-state index contributed by atoms with van der Waals surface area (Å²) in [5, 5.41) is 3.59. The van der Waals surface area contributed by atoms with Gasteiger partial charge in [-0.15, -0.1) is 0 Å². The Balaban J connectivity index is 1.94. The van der Waals surface area contributed by atoms with Gasteiger partial charge < -0.3 is 10.2 Å². The van der Waals surface area contributed by atoms with E-state index in [9.17, 15) is 0 Å². The second-order valence-corrected chi connectivity index (χ2v) is 6.16. The number of hydrogen-bond donors (Lipinski definition) is 1. The number of likely N-dealkylation sites (tertiary alicyclic amines) is 1. The van der Waals surface area contributed by atoms with E-state index in [4.69, 9.17) is 0 Å². The number of halogens is 1. The number of aromatic nitrogens is 1. The lowest BCUT2D eigenvalue weighted by atomic mass is 9.90. The molecular weight excluding hydrogens is 290 g/mol. The molecule has 0 bridgehead atoms. The number of anilines is 1. The van der Waals surface area contributed by atoms with E-state index in [-0.39, 0.29) is 0 Å². The highest BCUT2D eigenvalue weighted by molar-refractivity contribution is 9.10. The van der Waals surface area contributed by atoms with Crippen LogP contribution in [0.3, 0.4) is 0 Å². The molecule has 1 aliphatic heterocycles. The van der Waals surface area contributed by atoms with E-state index in [1.54, 1.807) is 0 Å². The molecule has 18 heavy (non-hydrogen) atoms. The molecule has 1 aromatic heterocycles. The molecule has 1 atom stereocenters. The number of piperidine rings is 1. The summed E-state index contributed by atoms with van der Waals surface area (Å²) in [5.74, 6) is 0.769. The van der Waals surface area contributed by atoms with Crippen LogP contribution in [0.5, 0.6) is 0 Å². The van der Waals surface area contributed by atoms with Gasteiger partial charge in [-0.2, -0.15) is 0 Å². The first-order valence-corrected chi connectivity index (χ1v) is 7.43. The zero-order chi connectivity index (χ0) is 13.1. The van der Waals surface area contributed by atoms with Crippen LogP contribution in [0.1, 0.15) is 25.3 Å². The molecule has 0 aromatic carbocycles. The third-order valence-corrected chi connectivity index (χ3v) is 4.71. The van der Waals surface area contributed by atoms with E-state index in [1.165, 1.54) is 31.5 Å². The standard InChI is InChI=1S/C14H22BrN3/c1-10-8-13(9-16-14(10)15)17-11(2)12-4-6-18(3)7-5-12/h8-9,11-12,17H,4-7H2,1-3H3. The van der Waals surface area contributed by atoms with Crippen LogP contribution >= 0.6 is 15.9 Å². The Labute approximate surface area is 118 Å². The molecule has 1 fully saturated rings. The van der Waals surface area contributed by atoms with Crippen LogP contribution in [0.25, 0.3) is 0 Å². The summed E-state index contributed by atoms with van der Waals surface area (Å²) in [6, 6.07) is 2.67. The maximum Gasteiger partial charge on any atom is 0.109 e. The maximum atomic E-state index is 4.33. The summed E-state index contributed by atoms with van der Waals surface area (Å²) >= 11 is 3.43. The summed E-state index contributed by atoms with van der Waals surface area (Å²) in [5.41, 5.74) is 2.30. The number of nitrogens with zero attached hydrogens (tertiary/aromatic N) is 2. The van der Waals surface area contributed by atoms with Crippen molar-refractivity contribution < 1.29 is 0 Å². The number of hydrogen-bond acceptors (Lipinski definition) is 3. The van der Waals surface area contributed by atoms with Crippen molar-refractivity contribution >= 4 is 21.6 Å². The molecule has 0 saturated carbocycles. The summed E-state index contributed by atoms with van der Waals surface area (Å²) in [7, 11) is 2.20. The van der Waals surface area contributed by atoms with Crippen molar-refractivity contribution in [2.45, 2.75) is 32.7 Å². The summed E-state index contributed by atoms with van der Waals surface area (Å²) in [6.07, 6.45) is 4.48. The van der Waals surface area contributed by atoms with Gasteiger partial charge in [0, 0.05) is 6.04 Å². The van der Waals surface area contributed by atoms with Crippen LogP contribution in [-0.4, -0.2) is 36.1 Å². The quantitative estimate of drug-likeness (QED) is 0.868. The van der Waals surface area contributed by atoms with Gasteiger partial charge in [-0.05, 0) is 80.3 Å². The Kier molecular flexibility index (Phi) is 4.62. The van der Waals surface area contributed by atoms with Crippen molar-refractivity contribution in [2.75, 3.05) is 25.5 Å². The lowest BCUT2D eigenvalue weighted by molar-refractivity contribution is 0.208. The van der Waals surface area contributed by atoms with Gasteiger partial charge in [0.1, 0.15) is 4.60 Å². The molecular formula is C14H22BrN3. The monoisotopic (exact) mass is 311 g/mol. The van der Waals surface area contributed by atoms with Gasteiger partial charge in [-0.1, -0.05) is 0 Å². The lowest BCUT2D eigenvalue weighted by Crippen LogP contribution is -2.37. The van der Waals surface area contributed by atoms with Crippen molar-refractivity contribution in [2.24, 2.45) is 5.92 Å². The second kappa shape index (κ2) is 6.02. The normalized spacial score (nSPS) is 19.8. The summed E-state index contributed by atoms with van der Waals surface area (Å²) in [6.45, 7) is 6.79. The van der Waals surface area contributed by atoms with Crippen molar-refractivity contribution in [1.82, 2.24) is 9.88 Å². The molecule has 2 rings (SSSR count). The van der Waals surface area contributed by atoms with E-state index in [2.05, 4.69) is 58.1 Å². The Hall–Kier alpha value is -0.610. The highest BCUT2D eigenvalue weighted by atomic mass is 79.9. The number of nitrogens with one attached hydrogen (secondary N) is 1. The molecule has 1 unspecified atom stereocenters. The van der Waals surface area contributed by atoms with Crippen molar-refractivity contribution in [3.8, 4) is 0 Å². The fraction of sp³-hybridized carbons (Fsp3) is 0.643. The molecule has 0 aliphatic carbocycles. The van der Waals surface area contributed by atoms with Gasteiger partial charge in [-0.3, -0.25) is 0 Å². The fourth-order valence-corrected chi connectivity index (χ4v) is 2.76. The highest BCUT2D eigenvalue weighted by Crippen LogP contribution is 2.23. The van der Waals surface area contributed by atoms with E-state index < -0.39 is 0 Å². The predicted octanol–water partition coefficient (Wildman–Crippen LogP) is 3.29. The Bertz CT molecular complexity index is 400. The molecule has 0 amide bonds. The van der Waals surface area contributed by atoms with Crippen LogP contribution in [0.15, 0.2) is 16.9 Å². The summed E-state index contributed by atoms with van der Waals surface area (Å²) in [4.78, 5) is 6.75. The van der Waals surface area contributed by atoms with Crippen LogP contribution in [0.4, 0.5) is 5.69 Å². The zero-order valence-electron chi connectivity index (χ0n) is 11.4. The Morgan fingerprint density at radius 3 is 2.72 bits per heavy atom. The second-order valence-electron chi connectivity index (χ2n) is 5.41. The van der Waals surface area contributed by atoms with Crippen molar-refractivity contribution in [1.29, 1.82) is 0 Å². The number of aryl methyl sites for hydroxylation is 1. The molecule has 0 spiro atoms. The first-order valence-electron chi connectivity index (χ1n) is 6.63. The van der Waals surface area contributed by atoms with Gasteiger partial charge in [0.05, 0.1) is 11.9 Å². The Morgan fingerprint density at radius 1 is 1.44 bits per heavy atom. The minimum Gasteiger partial charge on any atom is -0.381 e. The van der Waals surface area contributed by atoms with Crippen molar-refractivity contribution in [3.05, 3.63) is 22.4 Å². The molecule has 3 nitrogen and oxygen atoms in total. The number of rotatable bonds is 3. The lowest BCUT2D eigenvalue weighted by Gasteiger charge is -2.33. The molecule has 100 valence electrons. The van der Waals surface area contributed by atoms with E-state index in [1.807, 2.05) is 6.20 Å². The average Bonchev–Trinajstić information content (AvgIpc) is 2.34. The van der Waals surface area contributed by atoms with Gasteiger partial charge in [0.25, 0.3) is 0 Å². The molecule has 1 N–H and O–H groups in total. The molecule has 0 radical (unpaired) electrons. The largest absolute Gasteiger partial charge is 0.381 e. The van der Waals surface area contributed by atoms with Crippen LogP contribution in [-0.2, 0) is 0 Å². The van der Waals surface area contributed by atoms with E-state index in [0.29, 0.717) is 6.04 Å². The number of pyridine rings is 1. The molecule has 2 heterocycles. The smallest absolute Gasteiger partial charge is 0.109 e. The van der Waals surface area contributed by atoms with E-state index in [0.717, 1.165) is 16.2 Å². The van der Waals surface area contributed by atoms with Gasteiger partial charge >= 0.3 is 0 Å². The van der Waals surface area contributed by atoms with Gasteiger partial charge in [-0.25, -0.2) is 4.98 Å². The van der Waals surface area contributed by atoms with E-state index >= 15 is 0 Å². The molecule has 1 aliphatic rings. The minimum absolute atomic E-state index is 0.515. The fourth-order valence-electron chi connectivity index (χ4n) is 2.55. The van der Waals surface area contributed by atoms with Crippen LogP contribution in [0.2, 0.25) is 0 Å². The third-order valence-electron chi connectivity index (χ3n) is 3.88. The zero-order valence-corrected chi connectivity index (χ0v) is 13.0. The van der Waals surface area contributed by atoms with Crippen molar-refractivity contribution in [3.63, 3.8) is 0 Å². The average molecular weight is 312 g/mol. The molecule has 4 heteroatoms. The molecule has 1 saturated heterocycles. The topological polar surface area (TPSA) is 28.2 Å². The van der Waals surface area contributed by atoms with Gasteiger partial charge in [0.2, 0.25) is 0 Å². The highest BCUT2D eigenvalue weighted by Gasteiger charge is 2.22.